The van der Waals surface area contributed by atoms with Crippen LogP contribution < -0.4 is 0 Å². The SMILES string of the molecule is CCOC(=O)CSC1=C(C(=O)OCC)CN(C(C)c2ccccc2)CC1. The van der Waals surface area contributed by atoms with Crippen LogP contribution in [0, 0.1) is 0 Å². The van der Waals surface area contributed by atoms with Crippen molar-refractivity contribution >= 4 is 23.7 Å². The second kappa shape index (κ2) is 10.4. The summed E-state index contributed by atoms with van der Waals surface area (Å²) in [6.07, 6.45) is 0.732. The van der Waals surface area contributed by atoms with Crippen LogP contribution in [-0.4, -0.2) is 48.9 Å². The predicted octanol–water partition coefficient (Wildman–Crippen LogP) is 3.57. The minimum atomic E-state index is -0.288. The fourth-order valence-electron chi connectivity index (χ4n) is 2.94. The van der Waals surface area contributed by atoms with E-state index < -0.39 is 0 Å². The lowest BCUT2D eigenvalue weighted by Crippen LogP contribution is -2.36. The number of esters is 2. The van der Waals surface area contributed by atoms with Crippen molar-refractivity contribution in [3.05, 3.63) is 46.4 Å². The maximum Gasteiger partial charge on any atom is 0.336 e. The van der Waals surface area contributed by atoms with Gasteiger partial charge in [0.05, 0.1) is 24.5 Å². The van der Waals surface area contributed by atoms with E-state index in [0.29, 0.717) is 25.3 Å². The lowest BCUT2D eigenvalue weighted by molar-refractivity contribution is -0.140. The number of ether oxygens (including phenoxy) is 2. The number of hydrogen-bond acceptors (Lipinski definition) is 6. The van der Waals surface area contributed by atoms with Crippen molar-refractivity contribution in [2.45, 2.75) is 33.2 Å². The number of thioether (sulfide) groups is 1. The minimum Gasteiger partial charge on any atom is -0.465 e. The first-order valence-corrected chi connectivity index (χ1v) is 10.0. The van der Waals surface area contributed by atoms with E-state index in [1.165, 1.54) is 17.3 Å². The van der Waals surface area contributed by atoms with Crippen LogP contribution in [0.1, 0.15) is 38.8 Å². The van der Waals surface area contributed by atoms with Gasteiger partial charge in [-0.1, -0.05) is 30.3 Å². The highest BCUT2D eigenvalue weighted by molar-refractivity contribution is 8.03. The van der Waals surface area contributed by atoms with Crippen LogP contribution in [0.25, 0.3) is 0 Å². The van der Waals surface area contributed by atoms with Gasteiger partial charge in [0.25, 0.3) is 0 Å². The molecular weight excluding hydrogens is 350 g/mol. The third-order valence-electron chi connectivity index (χ3n) is 4.34. The molecule has 2 rings (SSSR count). The molecule has 0 saturated carbocycles. The molecule has 0 fully saturated rings. The summed E-state index contributed by atoms with van der Waals surface area (Å²) < 4.78 is 10.2. The van der Waals surface area contributed by atoms with Crippen molar-refractivity contribution in [3.63, 3.8) is 0 Å². The van der Waals surface area contributed by atoms with Gasteiger partial charge in [-0.25, -0.2) is 4.79 Å². The first-order valence-electron chi connectivity index (χ1n) is 9.03. The van der Waals surface area contributed by atoms with Gasteiger partial charge in [-0.05, 0) is 37.7 Å². The van der Waals surface area contributed by atoms with Crippen molar-refractivity contribution in [2.24, 2.45) is 0 Å². The molecule has 6 heteroatoms. The molecule has 0 aromatic heterocycles. The molecule has 0 saturated heterocycles. The third-order valence-corrected chi connectivity index (χ3v) is 5.52. The topological polar surface area (TPSA) is 55.8 Å². The van der Waals surface area contributed by atoms with Crippen molar-refractivity contribution in [1.29, 1.82) is 0 Å². The van der Waals surface area contributed by atoms with E-state index in [4.69, 9.17) is 9.47 Å². The summed E-state index contributed by atoms with van der Waals surface area (Å²) in [6, 6.07) is 10.5. The van der Waals surface area contributed by atoms with E-state index in [-0.39, 0.29) is 23.7 Å². The largest absolute Gasteiger partial charge is 0.465 e. The number of benzene rings is 1. The van der Waals surface area contributed by atoms with Gasteiger partial charge in [-0.2, -0.15) is 0 Å². The van der Waals surface area contributed by atoms with Crippen LogP contribution in [0.4, 0.5) is 0 Å². The lowest BCUT2D eigenvalue weighted by Gasteiger charge is -2.34. The molecule has 0 amide bonds. The van der Waals surface area contributed by atoms with E-state index >= 15 is 0 Å². The van der Waals surface area contributed by atoms with Crippen LogP contribution in [0.2, 0.25) is 0 Å². The Hall–Kier alpha value is -1.79. The van der Waals surface area contributed by atoms with E-state index in [1.54, 1.807) is 13.8 Å². The van der Waals surface area contributed by atoms with Gasteiger partial charge in [0.1, 0.15) is 0 Å². The van der Waals surface area contributed by atoms with Gasteiger partial charge in [0.2, 0.25) is 0 Å². The maximum atomic E-state index is 12.4. The number of rotatable bonds is 8. The van der Waals surface area contributed by atoms with Crippen molar-refractivity contribution in [3.8, 4) is 0 Å². The smallest absolute Gasteiger partial charge is 0.336 e. The molecule has 0 spiro atoms. The van der Waals surface area contributed by atoms with Crippen LogP contribution in [0.15, 0.2) is 40.8 Å². The molecule has 142 valence electrons. The Morgan fingerprint density at radius 3 is 2.50 bits per heavy atom. The number of carbonyl (C=O) groups is 2. The Kier molecular flexibility index (Phi) is 8.19. The summed E-state index contributed by atoms with van der Waals surface area (Å²) in [7, 11) is 0. The lowest BCUT2D eigenvalue weighted by atomic mass is 10.0. The summed E-state index contributed by atoms with van der Waals surface area (Å²) in [6.45, 7) is 7.81. The molecular formula is C20H27NO4S. The third kappa shape index (κ3) is 5.61. The van der Waals surface area contributed by atoms with Gasteiger partial charge >= 0.3 is 11.9 Å². The predicted molar refractivity (Wildman–Crippen MR) is 104 cm³/mol. The summed E-state index contributed by atoms with van der Waals surface area (Å²) in [5.74, 6) is -0.322. The quantitative estimate of drug-likeness (QED) is 0.646. The Morgan fingerprint density at radius 2 is 1.85 bits per heavy atom. The molecule has 0 radical (unpaired) electrons. The molecule has 1 aliphatic heterocycles. The highest BCUT2D eigenvalue weighted by atomic mass is 32.2. The second-order valence-electron chi connectivity index (χ2n) is 6.02. The average Bonchev–Trinajstić information content (AvgIpc) is 2.67. The van der Waals surface area contributed by atoms with Gasteiger partial charge in [-0.3, -0.25) is 9.69 Å². The number of hydrogen-bond donors (Lipinski definition) is 0. The summed E-state index contributed by atoms with van der Waals surface area (Å²) >= 11 is 1.39. The second-order valence-corrected chi connectivity index (χ2v) is 7.09. The van der Waals surface area contributed by atoms with Crippen molar-refractivity contribution < 1.29 is 19.1 Å². The Balaban J connectivity index is 2.13. The van der Waals surface area contributed by atoms with Gasteiger partial charge in [0.15, 0.2) is 0 Å². The molecule has 0 aliphatic carbocycles. The first kappa shape index (κ1) is 20.5. The van der Waals surface area contributed by atoms with Crippen LogP contribution in [0.5, 0.6) is 0 Å². The van der Waals surface area contributed by atoms with Gasteiger partial charge in [0, 0.05) is 19.1 Å². The molecule has 1 heterocycles. The molecule has 5 nitrogen and oxygen atoms in total. The standard InChI is InChI=1S/C20H27NO4S/c1-4-24-19(22)14-26-18-11-12-21(13-17(18)20(23)25-5-2)15(3)16-9-7-6-8-10-16/h6-10,15H,4-5,11-14H2,1-3H3. The molecule has 1 atom stereocenters. The summed E-state index contributed by atoms with van der Waals surface area (Å²) in [5, 5.41) is 0. The molecule has 1 aliphatic rings. The van der Waals surface area contributed by atoms with E-state index in [1.807, 2.05) is 18.2 Å². The molecule has 1 aromatic rings. The fourth-order valence-corrected chi connectivity index (χ4v) is 3.88. The van der Waals surface area contributed by atoms with E-state index in [9.17, 15) is 9.59 Å². The Morgan fingerprint density at radius 1 is 1.15 bits per heavy atom. The highest BCUT2D eigenvalue weighted by Crippen LogP contribution is 2.33. The van der Waals surface area contributed by atoms with Crippen LogP contribution in [-0.2, 0) is 19.1 Å². The van der Waals surface area contributed by atoms with Gasteiger partial charge < -0.3 is 9.47 Å². The number of nitrogens with zero attached hydrogens (tertiary/aromatic N) is 1. The maximum absolute atomic E-state index is 12.4. The Labute approximate surface area is 159 Å². The zero-order valence-electron chi connectivity index (χ0n) is 15.7. The Bertz CT molecular complexity index is 644. The van der Waals surface area contributed by atoms with Crippen molar-refractivity contribution in [2.75, 3.05) is 32.1 Å². The monoisotopic (exact) mass is 377 g/mol. The first-order chi connectivity index (χ1) is 12.6. The fraction of sp³-hybridized carbons (Fsp3) is 0.500. The summed E-state index contributed by atoms with van der Waals surface area (Å²) in [5.41, 5.74) is 1.88. The zero-order chi connectivity index (χ0) is 18.9. The van der Waals surface area contributed by atoms with E-state index in [2.05, 4.69) is 24.0 Å². The average molecular weight is 378 g/mol. The zero-order valence-corrected chi connectivity index (χ0v) is 16.5. The van der Waals surface area contributed by atoms with Gasteiger partial charge in [-0.15, -0.1) is 11.8 Å². The minimum absolute atomic E-state index is 0.206. The molecule has 0 N–H and O–H groups in total. The van der Waals surface area contributed by atoms with E-state index in [0.717, 1.165) is 17.9 Å². The van der Waals surface area contributed by atoms with Crippen LogP contribution in [0.3, 0.4) is 0 Å². The summed E-state index contributed by atoms with van der Waals surface area (Å²) in [4.78, 5) is 27.3. The van der Waals surface area contributed by atoms with Crippen molar-refractivity contribution in [1.82, 2.24) is 4.90 Å². The highest BCUT2D eigenvalue weighted by Gasteiger charge is 2.28. The molecule has 26 heavy (non-hydrogen) atoms. The van der Waals surface area contributed by atoms with Crippen LogP contribution >= 0.6 is 11.8 Å². The molecule has 1 aromatic carbocycles. The normalized spacial score (nSPS) is 16.3. The molecule has 0 bridgehead atoms. The number of carbonyl (C=O) groups excluding carboxylic acids is 2. The molecule has 1 unspecified atom stereocenters.